The Morgan fingerprint density at radius 2 is 2.05 bits per heavy atom. The lowest BCUT2D eigenvalue weighted by Gasteiger charge is -2.35. The highest BCUT2D eigenvalue weighted by molar-refractivity contribution is 6.00. The average molecular weight is 292 g/mol. The van der Waals surface area contributed by atoms with Crippen LogP contribution in [0.1, 0.15) is 30.1 Å². The van der Waals surface area contributed by atoms with E-state index in [4.69, 9.17) is 0 Å². The maximum Gasteiger partial charge on any atom is 0.226 e. The normalized spacial score (nSPS) is 18.5. The summed E-state index contributed by atoms with van der Waals surface area (Å²) in [5.74, 6) is -0.803. The number of hydrogen-bond acceptors (Lipinski definition) is 3. The summed E-state index contributed by atoms with van der Waals surface area (Å²) in [4.78, 5) is 27.4. The predicted molar refractivity (Wildman–Crippen MR) is 80.0 cm³/mol. The van der Waals surface area contributed by atoms with Crippen LogP contribution in [0.25, 0.3) is 0 Å². The van der Waals surface area contributed by atoms with E-state index >= 15 is 0 Å². The van der Waals surface area contributed by atoms with Gasteiger partial charge in [0.1, 0.15) is 5.82 Å². The zero-order valence-electron chi connectivity index (χ0n) is 12.7. The van der Waals surface area contributed by atoms with Gasteiger partial charge < -0.3 is 9.80 Å². The van der Waals surface area contributed by atoms with E-state index in [1.165, 1.54) is 13.0 Å². The largest absolute Gasteiger partial charge is 0.370 e. The van der Waals surface area contributed by atoms with E-state index in [0.717, 1.165) is 19.4 Å². The van der Waals surface area contributed by atoms with Crippen LogP contribution < -0.4 is 4.90 Å². The first-order valence-corrected chi connectivity index (χ1v) is 7.17. The standard InChI is InChI=1S/C16H21FN2O2/c1-11(20)15-13(17)7-4-8-14(15)19-9-5-6-12(10-19)16(21)18(2)3/h4,7-8,12H,5-6,9-10H2,1-3H3. The minimum absolute atomic E-state index is 0.0838. The van der Waals surface area contributed by atoms with Crippen LogP contribution in [0.5, 0.6) is 0 Å². The molecule has 0 aromatic heterocycles. The average Bonchev–Trinajstić information content (AvgIpc) is 2.45. The number of anilines is 1. The van der Waals surface area contributed by atoms with Gasteiger partial charge in [-0.15, -0.1) is 0 Å². The topological polar surface area (TPSA) is 40.6 Å². The van der Waals surface area contributed by atoms with Gasteiger partial charge in [0.2, 0.25) is 5.91 Å². The second-order valence-corrected chi connectivity index (χ2v) is 5.71. The third-order valence-corrected chi connectivity index (χ3v) is 3.90. The summed E-state index contributed by atoms with van der Waals surface area (Å²) in [5, 5.41) is 0. The molecule has 0 aliphatic carbocycles. The maximum atomic E-state index is 13.9. The van der Waals surface area contributed by atoms with E-state index in [1.54, 1.807) is 31.1 Å². The van der Waals surface area contributed by atoms with Crippen LogP contribution >= 0.6 is 0 Å². The molecule has 1 aliphatic rings. The Bertz CT molecular complexity index is 557. The number of halogens is 1. The fourth-order valence-corrected chi connectivity index (χ4v) is 2.89. The van der Waals surface area contributed by atoms with Crippen molar-refractivity contribution in [2.24, 2.45) is 5.92 Å². The molecule has 2 rings (SSSR count). The highest BCUT2D eigenvalue weighted by Gasteiger charge is 2.29. The highest BCUT2D eigenvalue weighted by Crippen LogP contribution is 2.29. The van der Waals surface area contributed by atoms with Gasteiger partial charge in [0, 0.05) is 27.2 Å². The minimum atomic E-state index is -0.499. The summed E-state index contributed by atoms with van der Waals surface area (Å²) in [5.41, 5.74) is 0.717. The first-order chi connectivity index (χ1) is 9.91. The van der Waals surface area contributed by atoms with Gasteiger partial charge in [-0.3, -0.25) is 9.59 Å². The Labute approximate surface area is 124 Å². The zero-order valence-corrected chi connectivity index (χ0v) is 12.7. The number of ketones is 1. The van der Waals surface area contributed by atoms with Crippen LogP contribution in [0.4, 0.5) is 10.1 Å². The molecule has 0 bridgehead atoms. The Morgan fingerprint density at radius 3 is 2.67 bits per heavy atom. The van der Waals surface area contributed by atoms with Crippen molar-refractivity contribution in [3.8, 4) is 0 Å². The van der Waals surface area contributed by atoms with Crippen molar-refractivity contribution in [3.63, 3.8) is 0 Å². The summed E-state index contributed by atoms with van der Waals surface area (Å²) in [7, 11) is 3.48. The van der Waals surface area contributed by atoms with Gasteiger partial charge in [-0.25, -0.2) is 4.39 Å². The monoisotopic (exact) mass is 292 g/mol. The van der Waals surface area contributed by atoms with E-state index in [0.29, 0.717) is 12.2 Å². The number of Topliss-reactive ketones (excluding diaryl/α,β-unsaturated/α-hetero) is 1. The fraction of sp³-hybridized carbons (Fsp3) is 0.500. The van der Waals surface area contributed by atoms with Gasteiger partial charge in [-0.1, -0.05) is 6.07 Å². The summed E-state index contributed by atoms with van der Waals surface area (Å²) >= 11 is 0. The molecule has 1 fully saturated rings. The summed E-state index contributed by atoms with van der Waals surface area (Å²) in [6, 6.07) is 4.66. The van der Waals surface area contributed by atoms with Gasteiger partial charge in [0.25, 0.3) is 0 Å². The second kappa shape index (κ2) is 6.24. The third-order valence-electron chi connectivity index (χ3n) is 3.90. The van der Waals surface area contributed by atoms with E-state index in [2.05, 4.69) is 0 Å². The molecule has 0 radical (unpaired) electrons. The molecule has 5 heteroatoms. The third kappa shape index (κ3) is 3.23. The van der Waals surface area contributed by atoms with Crippen LogP contribution in [0, 0.1) is 11.7 Å². The molecular formula is C16H21FN2O2. The van der Waals surface area contributed by atoms with E-state index in [9.17, 15) is 14.0 Å². The molecule has 114 valence electrons. The summed E-state index contributed by atoms with van der Waals surface area (Å²) in [6.07, 6.45) is 1.69. The van der Waals surface area contributed by atoms with E-state index in [1.807, 2.05) is 4.90 Å². The van der Waals surface area contributed by atoms with Gasteiger partial charge in [-0.2, -0.15) is 0 Å². The van der Waals surface area contributed by atoms with Crippen LogP contribution in [0.15, 0.2) is 18.2 Å². The molecule has 1 aromatic carbocycles. The molecule has 1 amide bonds. The van der Waals surface area contributed by atoms with Crippen LogP contribution in [-0.4, -0.2) is 43.8 Å². The molecule has 0 N–H and O–H groups in total. The number of carbonyl (C=O) groups is 2. The zero-order chi connectivity index (χ0) is 15.6. The molecule has 1 atom stereocenters. The van der Waals surface area contributed by atoms with Crippen LogP contribution in [0.2, 0.25) is 0 Å². The van der Waals surface area contributed by atoms with Gasteiger partial charge in [0.05, 0.1) is 17.2 Å². The first-order valence-electron chi connectivity index (χ1n) is 7.17. The van der Waals surface area contributed by atoms with Crippen LogP contribution in [-0.2, 0) is 4.79 Å². The minimum Gasteiger partial charge on any atom is -0.370 e. The van der Waals surface area contributed by atoms with Crippen molar-refractivity contribution in [2.75, 3.05) is 32.1 Å². The number of nitrogens with zero attached hydrogens (tertiary/aromatic N) is 2. The van der Waals surface area contributed by atoms with Gasteiger partial charge >= 0.3 is 0 Å². The van der Waals surface area contributed by atoms with Gasteiger partial charge in [0.15, 0.2) is 5.78 Å². The van der Waals surface area contributed by atoms with Gasteiger partial charge in [-0.05, 0) is 31.9 Å². The molecule has 1 saturated heterocycles. The molecule has 1 heterocycles. The lowest BCUT2D eigenvalue weighted by molar-refractivity contribution is -0.133. The molecular weight excluding hydrogens is 271 g/mol. The first kappa shape index (κ1) is 15.5. The lowest BCUT2D eigenvalue weighted by atomic mass is 9.95. The van der Waals surface area contributed by atoms with Crippen molar-refractivity contribution in [1.82, 2.24) is 4.90 Å². The molecule has 21 heavy (non-hydrogen) atoms. The van der Waals surface area contributed by atoms with Crippen molar-refractivity contribution in [2.45, 2.75) is 19.8 Å². The fourth-order valence-electron chi connectivity index (χ4n) is 2.89. The Kier molecular flexibility index (Phi) is 4.60. The molecule has 0 spiro atoms. The van der Waals surface area contributed by atoms with Crippen molar-refractivity contribution >= 4 is 17.4 Å². The second-order valence-electron chi connectivity index (χ2n) is 5.71. The van der Waals surface area contributed by atoms with E-state index < -0.39 is 5.82 Å². The molecule has 4 nitrogen and oxygen atoms in total. The number of rotatable bonds is 3. The number of piperidine rings is 1. The maximum absolute atomic E-state index is 13.9. The quantitative estimate of drug-likeness (QED) is 0.803. The predicted octanol–water partition coefficient (Wildman–Crippen LogP) is 2.33. The smallest absolute Gasteiger partial charge is 0.226 e. The summed E-state index contributed by atoms with van der Waals surface area (Å²) in [6.45, 7) is 2.63. The van der Waals surface area contributed by atoms with Crippen molar-refractivity contribution in [3.05, 3.63) is 29.6 Å². The highest BCUT2D eigenvalue weighted by atomic mass is 19.1. The van der Waals surface area contributed by atoms with Crippen molar-refractivity contribution in [1.29, 1.82) is 0 Å². The molecule has 0 saturated carbocycles. The van der Waals surface area contributed by atoms with Crippen molar-refractivity contribution < 1.29 is 14.0 Å². The number of benzene rings is 1. The molecule has 1 aliphatic heterocycles. The Hall–Kier alpha value is -1.91. The molecule has 1 unspecified atom stereocenters. The number of carbonyl (C=O) groups excluding carboxylic acids is 2. The van der Waals surface area contributed by atoms with Crippen LogP contribution in [0.3, 0.4) is 0 Å². The number of hydrogen-bond donors (Lipinski definition) is 0. The van der Waals surface area contributed by atoms with E-state index in [-0.39, 0.29) is 23.2 Å². The molecule has 1 aromatic rings. The lowest BCUT2D eigenvalue weighted by Crippen LogP contribution is -2.43. The SMILES string of the molecule is CC(=O)c1c(F)cccc1N1CCCC(C(=O)N(C)C)C1. The summed E-state index contributed by atoms with van der Waals surface area (Å²) < 4.78 is 13.9. The Balaban J connectivity index is 2.28. The Morgan fingerprint density at radius 1 is 1.33 bits per heavy atom. The number of amides is 1.